The molecule has 0 spiro atoms. The van der Waals surface area contributed by atoms with E-state index in [0.717, 1.165) is 42.0 Å². The number of aromatic nitrogens is 4. The van der Waals surface area contributed by atoms with Gasteiger partial charge in [0.2, 0.25) is 0 Å². The first-order chi connectivity index (χ1) is 13.2. The monoisotopic (exact) mass is 355 g/mol. The van der Waals surface area contributed by atoms with Crippen molar-refractivity contribution in [3.8, 4) is 11.4 Å². The Labute approximate surface area is 158 Å². The summed E-state index contributed by atoms with van der Waals surface area (Å²) in [6, 6.07) is 16.5. The molecule has 1 aliphatic carbocycles. The summed E-state index contributed by atoms with van der Waals surface area (Å²) in [6.07, 6.45) is 3.15. The maximum absolute atomic E-state index is 4.79. The topological polar surface area (TPSA) is 55.1 Å². The third kappa shape index (κ3) is 2.76. The van der Waals surface area contributed by atoms with Gasteiger partial charge in [-0.05, 0) is 56.4 Å². The molecule has 0 fully saturated rings. The first-order valence-corrected chi connectivity index (χ1v) is 9.37. The summed E-state index contributed by atoms with van der Waals surface area (Å²) in [7, 11) is 0. The van der Waals surface area contributed by atoms with Crippen LogP contribution >= 0.6 is 0 Å². The Bertz CT molecular complexity index is 1140. The van der Waals surface area contributed by atoms with Gasteiger partial charge in [0.05, 0.1) is 5.69 Å². The average Bonchev–Trinajstić information content (AvgIpc) is 3.32. The van der Waals surface area contributed by atoms with Crippen molar-refractivity contribution in [3.63, 3.8) is 0 Å². The Balaban J connectivity index is 1.67. The standard InChI is InChI=1S/C22H21N5/c1-14-11-12-17(13-15(14)2)23-21-18-9-6-10-19(18)24-22-25-20(26-27(21)22)16-7-4-3-5-8-16/h3-5,7-8,11-13,23H,6,9-10H2,1-2H3. The number of rotatable bonds is 3. The summed E-state index contributed by atoms with van der Waals surface area (Å²) in [5.74, 6) is 2.35. The van der Waals surface area contributed by atoms with Crippen LogP contribution in [-0.4, -0.2) is 19.6 Å². The fraction of sp³-hybridized carbons (Fsp3) is 0.227. The van der Waals surface area contributed by atoms with Gasteiger partial charge >= 0.3 is 0 Å². The summed E-state index contributed by atoms with van der Waals surface area (Å²) in [5, 5.41) is 8.38. The predicted molar refractivity (Wildman–Crippen MR) is 107 cm³/mol. The first kappa shape index (κ1) is 16.0. The molecule has 0 amide bonds. The van der Waals surface area contributed by atoms with Crippen LogP contribution in [0.4, 0.5) is 11.5 Å². The number of nitrogens with zero attached hydrogens (tertiary/aromatic N) is 4. The molecule has 1 aliphatic rings. The lowest BCUT2D eigenvalue weighted by molar-refractivity contribution is 0.900. The number of nitrogens with one attached hydrogen (secondary N) is 1. The fourth-order valence-electron chi connectivity index (χ4n) is 3.67. The van der Waals surface area contributed by atoms with Crippen molar-refractivity contribution >= 4 is 17.3 Å². The van der Waals surface area contributed by atoms with Gasteiger partial charge in [0.1, 0.15) is 5.82 Å². The van der Waals surface area contributed by atoms with Crippen LogP contribution in [0.1, 0.15) is 28.8 Å². The van der Waals surface area contributed by atoms with E-state index in [1.165, 1.54) is 16.7 Å². The number of fused-ring (bicyclic) bond motifs is 2. The molecule has 0 saturated heterocycles. The molecule has 2 aromatic carbocycles. The van der Waals surface area contributed by atoms with Crippen LogP contribution in [0.2, 0.25) is 0 Å². The molecule has 5 nitrogen and oxygen atoms in total. The minimum absolute atomic E-state index is 0.654. The summed E-state index contributed by atoms with van der Waals surface area (Å²) in [5.41, 5.74) is 7.02. The molecule has 2 heterocycles. The van der Waals surface area contributed by atoms with Crippen LogP contribution < -0.4 is 5.32 Å². The zero-order valence-corrected chi connectivity index (χ0v) is 15.5. The number of aryl methyl sites for hydroxylation is 3. The number of hydrogen-bond acceptors (Lipinski definition) is 4. The molecule has 0 atom stereocenters. The molecule has 0 aliphatic heterocycles. The van der Waals surface area contributed by atoms with Gasteiger partial charge in [-0.15, -0.1) is 5.10 Å². The number of benzene rings is 2. The molecule has 5 rings (SSSR count). The largest absolute Gasteiger partial charge is 0.340 e. The van der Waals surface area contributed by atoms with Crippen molar-refractivity contribution in [2.75, 3.05) is 5.32 Å². The quantitative estimate of drug-likeness (QED) is 0.582. The smallest absolute Gasteiger partial charge is 0.254 e. The molecule has 27 heavy (non-hydrogen) atoms. The van der Waals surface area contributed by atoms with E-state index in [1.807, 2.05) is 34.8 Å². The second-order valence-electron chi connectivity index (χ2n) is 7.18. The highest BCUT2D eigenvalue weighted by atomic mass is 15.4. The lowest BCUT2D eigenvalue weighted by Crippen LogP contribution is -2.07. The molecule has 0 unspecified atom stereocenters. The van der Waals surface area contributed by atoms with Crippen molar-refractivity contribution in [3.05, 3.63) is 70.9 Å². The zero-order valence-electron chi connectivity index (χ0n) is 15.5. The van der Waals surface area contributed by atoms with Crippen LogP contribution in [0.3, 0.4) is 0 Å². The van der Waals surface area contributed by atoms with Gasteiger partial charge in [-0.1, -0.05) is 36.4 Å². The average molecular weight is 355 g/mol. The highest BCUT2D eigenvalue weighted by Crippen LogP contribution is 2.31. The third-order valence-electron chi connectivity index (χ3n) is 5.31. The third-order valence-corrected chi connectivity index (χ3v) is 5.31. The molecule has 1 N–H and O–H groups in total. The second kappa shape index (κ2) is 6.20. The first-order valence-electron chi connectivity index (χ1n) is 9.37. The minimum atomic E-state index is 0.654. The van der Waals surface area contributed by atoms with Gasteiger partial charge in [-0.3, -0.25) is 0 Å². The van der Waals surface area contributed by atoms with Crippen LogP contribution in [0.25, 0.3) is 17.2 Å². The highest BCUT2D eigenvalue weighted by molar-refractivity contribution is 5.66. The van der Waals surface area contributed by atoms with E-state index < -0.39 is 0 Å². The normalized spacial score (nSPS) is 13.1. The van der Waals surface area contributed by atoms with E-state index >= 15 is 0 Å². The van der Waals surface area contributed by atoms with Gasteiger partial charge in [-0.2, -0.15) is 9.50 Å². The number of anilines is 2. The summed E-state index contributed by atoms with van der Waals surface area (Å²) in [6.45, 7) is 4.26. The Morgan fingerprint density at radius 1 is 0.926 bits per heavy atom. The molecule has 0 bridgehead atoms. The summed E-state index contributed by atoms with van der Waals surface area (Å²) >= 11 is 0. The van der Waals surface area contributed by atoms with E-state index in [1.54, 1.807) is 0 Å². The van der Waals surface area contributed by atoms with E-state index in [2.05, 4.69) is 37.4 Å². The van der Waals surface area contributed by atoms with E-state index in [0.29, 0.717) is 11.6 Å². The van der Waals surface area contributed by atoms with Gasteiger partial charge in [0.25, 0.3) is 5.78 Å². The number of hydrogen-bond donors (Lipinski definition) is 1. The van der Waals surface area contributed by atoms with Gasteiger partial charge in [0.15, 0.2) is 5.82 Å². The summed E-state index contributed by atoms with van der Waals surface area (Å²) < 4.78 is 1.86. The molecule has 0 radical (unpaired) electrons. The van der Waals surface area contributed by atoms with Crippen molar-refractivity contribution in [2.45, 2.75) is 33.1 Å². The molecule has 5 heteroatoms. The Hall–Kier alpha value is -3.21. The lowest BCUT2D eigenvalue weighted by Gasteiger charge is -2.13. The van der Waals surface area contributed by atoms with Gasteiger partial charge in [-0.25, -0.2) is 4.98 Å². The minimum Gasteiger partial charge on any atom is -0.340 e. The van der Waals surface area contributed by atoms with Crippen molar-refractivity contribution < 1.29 is 0 Å². The lowest BCUT2D eigenvalue weighted by atomic mass is 10.1. The molecule has 4 aromatic rings. The maximum Gasteiger partial charge on any atom is 0.254 e. The van der Waals surface area contributed by atoms with Crippen LogP contribution in [0.15, 0.2) is 48.5 Å². The van der Waals surface area contributed by atoms with Crippen LogP contribution in [0.5, 0.6) is 0 Å². The highest BCUT2D eigenvalue weighted by Gasteiger charge is 2.22. The zero-order chi connectivity index (χ0) is 18.4. The van der Waals surface area contributed by atoms with Crippen molar-refractivity contribution in [1.29, 1.82) is 0 Å². The Kier molecular flexibility index (Phi) is 3.67. The van der Waals surface area contributed by atoms with E-state index in [4.69, 9.17) is 15.1 Å². The van der Waals surface area contributed by atoms with Gasteiger partial charge < -0.3 is 5.32 Å². The molecule has 2 aromatic heterocycles. The predicted octanol–water partition coefficient (Wildman–Crippen LogP) is 4.64. The molecular weight excluding hydrogens is 334 g/mol. The fourth-order valence-corrected chi connectivity index (χ4v) is 3.67. The van der Waals surface area contributed by atoms with Crippen LogP contribution in [0, 0.1) is 13.8 Å². The molecular formula is C22H21N5. The second-order valence-corrected chi connectivity index (χ2v) is 7.18. The Morgan fingerprint density at radius 2 is 1.78 bits per heavy atom. The summed E-state index contributed by atoms with van der Waals surface area (Å²) in [4.78, 5) is 9.48. The van der Waals surface area contributed by atoms with E-state index in [9.17, 15) is 0 Å². The van der Waals surface area contributed by atoms with Crippen LogP contribution in [-0.2, 0) is 12.8 Å². The molecule has 134 valence electrons. The SMILES string of the molecule is Cc1ccc(Nc2c3c(nc4nc(-c5ccccc5)nn24)CCC3)cc1C. The van der Waals surface area contributed by atoms with Crippen molar-refractivity contribution in [1.82, 2.24) is 19.6 Å². The Morgan fingerprint density at radius 3 is 2.59 bits per heavy atom. The maximum atomic E-state index is 4.79. The molecule has 0 saturated carbocycles. The van der Waals surface area contributed by atoms with Gasteiger partial charge in [0, 0.05) is 16.8 Å². The van der Waals surface area contributed by atoms with Crippen molar-refractivity contribution in [2.24, 2.45) is 0 Å². The van der Waals surface area contributed by atoms with E-state index in [-0.39, 0.29) is 0 Å².